The van der Waals surface area contributed by atoms with E-state index in [0.717, 1.165) is 17.0 Å². The molecule has 0 amide bonds. The molecule has 0 radical (unpaired) electrons. The Hall–Kier alpha value is -2.55. The molecule has 3 rings (SSSR count). The maximum absolute atomic E-state index is 12.0. The molecule has 2 aromatic rings. The van der Waals surface area contributed by atoms with E-state index in [4.69, 9.17) is 4.74 Å². The van der Waals surface area contributed by atoms with Crippen molar-refractivity contribution in [3.63, 3.8) is 0 Å². The van der Waals surface area contributed by atoms with Gasteiger partial charge < -0.3 is 9.64 Å². The zero-order valence-electron chi connectivity index (χ0n) is 14.4. The van der Waals surface area contributed by atoms with Crippen LogP contribution in [0, 0.1) is 0 Å². The first-order valence-corrected chi connectivity index (χ1v) is 8.32. The van der Waals surface area contributed by atoms with Gasteiger partial charge in [-0.1, -0.05) is 38.1 Å². The van der Waals surface area contributed by atoms with Crippen LogP contribution >= 0.6 is 0 Å². The summed E-state index contributed by atoms with van der Waals surface area (Å²) >= 11 is 0. The Balaban J connectivity index is 1.93. The molecule has 0 saturated heterocycles. The fourth-order valence-electron chi connectivity index (χ4n) is 3.03. The van der Waals surface area contributed by atoms with E-state index in [1.165, 1.54) is 5.56 Å². The number of methoxy groups -OCH3 is 1. The standard InChI is InChI=1S/C21H23NO2/c1-15(2)16-4-6-17(7-5-16)21-14-19(23)12-13-22(21)18-8-10-20(24-3)11-9-18/h4-13,15,21H,14H2,1-3H3. The highest BCUT2D eigenvalue weighted by atomic mass is 16.5. The quantitative estimate of drug-likeness (QED) is 0.806. The summed E-state index contributed by atoms with van der Waals surface area (Å²) in [6, 6.07) is 16.6. The molecule has 0 bridgehead atoms. The highest BCUT2D eigenvalue weighted by molar-refractivity contribution is 5.92. The number of nitrogens with zero attached hydrogens (tertiary/aromatic N) is 1. The van der Waals surface area contributed by atoms with E-state index in [1.807, 2.05) is 30.5 Å². The largest absolute Gasteiger partial charge is 0.497 e. The zero-order chi connectivity index (χ0) is 17.1. The van der Waals surface area contributed by atoms with Crippen molar-refractivity contribution in [2.45, 2.75) is 32.2 Å². The molecule has 0 fully saturated rings. The molecule has 1 aliphatic rings. The number of anilines is 1. The lowest BCUT2D eigenvalue weighted by atomic mass is 9.94. The number of allylic oxidation sites excluding steroid dienone is 1. The molecule has 1 heterocycles. The number of carbonyl (C=O) groups excluding carboxylic acids is 1. The van der Waals surface area contributed by atoms with Gasteiger partial charge in [0, 0.05) is 18.3 Å². The van der Waals surface area contributed by atoms with Gasteiger partial charge in [0.05, 0.1) is 13.2 Å². The highest BCUT2D eigenvalue weighted by Gasteiger charge is 2.25. The van der Waals surface area contributed by atoms with Crippen molar-refractivity contribution in [2.75, 3.05) is 12.0 Å². The van der Waals surface area contributed by atoms with Crippen LogP contribution in [0.1, 0.15) is 43.4 Å². The number of rotatable bonds is 4. The number of ether oxygens (including phenoxy) is 1. The molecule has 24 heavy (non-hydrogen) atoms. The summed E-state index contributed by atoms with van der Waals surface area (Å²) in [4.78, 5) is 14.1. The third-order valence-electron chi connectivity index (χ3n) is 4.51. The third-order valence-corrected chi connectivity index (χ3v) is 4.51. The predicted octanol–water partition coefficient (Wildman–Crippen LogP) is 4.85. The van der Waals surface area contributed by atoms with Crippen LogP contribution in [0.4, 0.5) is 5.69 Å². The average molecular weight is 321 g/mol. The van der Waals surface area contributed by atoms with Gasteiger partial charge in [-0.05, 0) is 47.4 Å². The van der Waals surface area contributed by atoms with Crippen LogP contribution in [-0.4, -0.2) is 12.9 Å². The van der Waals surface area contributed by atoms with Crippen LogP contribution in [-0.2, 0) is 4.79 Å². The van der Waals surface area contributed by atoms with Crippen LogP contribution in [0.5, 0.6) is 5.75 Å². The van der Waals surface area contributed by atoms with Crippen molar-refractivity contribution in [3.05, 3.63) is 71.9 Å². The minimum atomic E-state index is 0.0251. The summed E-state index contributed by atoms with van der Waals surface area (Å²) in [7, 11) is 1.66. The Kier molecular flexibility index (Phi) is 4.70. The van der Waals surface area contributed by atoms with Gasteiger partial charge in [0.2, 0.25) is 0 Å². The second-order valence-corrected chi connectivity index (χ2v) is 6.43. The van der Waals surface area contributed by atoms with Crippen LogP contribution in [0.3, 0.4) is 0 Å². The number of carbonyl (C=O) groups is 1. The van der Waals surface area contributed by atoms with Crippen molar-refractivity contribution < 1.29 is 9.53 Å². The second-order valence-electron chi connectivity index (χ2n) is 6.43. The first kappa shape index (κ1) is 16.3. The average Bonchev–Trinajstić information content (AvgIpc) is 2.62. The van der Waals surface area contributed by atoms with Crippen LogP contribution in [0.25, 0.3) is 0 Å². The highest BCUT2D eigenvalue weighted by Crippen LogP contribution is 2.34. The Morgan fingerprint density at radius 3 is 2.29 bits per heavy atom. The first-order chi connectivity index (χ1) is 11.6. The molecular formula is C21H23NO2. The van der Waals surface area contributed by atoms with E-state index in [0.29, 0.717) is 12.3 Å². The van der Waals surface area contributed by atoms with E-state index in [2.05, 4.69) is 43.0 Å². The molecule has 0 aromatic heterocycles. The second kappa shape index (κ2) is 6.91. The van der Waals surface area contributed by atoms with Gasteiger partial charge in [-0.3, -0.25) is 4.79 Å². The molecule has 3 nitrogen and oxygen atoms in total. The SMILES string of the molecule is COc1ccc(N2C=CC(=O)CC2c2ccc(C(C)C)cc2)cc1. The van der Waals surface area contributed by atoms with Gasteiger partial charge >= 0.3 is 0 Å². The topological polar surface area (TPSA) is 29.5 Å². The van der Waals surface area contributed by atoms with Crippen LogP contribution in [0.15, 0.2) is 60.8 Å². The van der Waals surface area contributed by atoms with Crippen molar-refractivity contribution >= 4 is 11.5 Å². The summed E-state index contributed by atoms with van der Waals surface area (Å²) in [5.41, 5.74) is 3.53. The molecule has 0 spiro atoms. The molecule has 2 aromatic carbocycles. The number of ketones is 1. The van der Waals surface area contributed by atoms with E-state index >= 15 is 0 Å². The maximum atomic E-state index is 12.0. The molecule has 1 atom stereocenters. The van der Waals surface area contributed by atoms with E-state index in [1.54, 1.807) is 13.2 Å². The third kappa shape index (κ3) is 3.35. The number of benzene rings is 2. The van der Waals surface area contributed by atoms with Gasteiger partial charge in [-0.15, -0.1) is 0 Å². The zero-order valence-corrected chi connectivity index (χ0v) is 14.4. The van der Waals surface area contributed by atoms with E-state index < -0.39 is 0 Å². The Morgan fingerprint density at radius 2 is 1.71 bits per heavy atom. The van der Waals surface area contributed by atoms with Crippen molar-refractivity contribution in [1.29, 1.82) is 0 Å². The molecule has 0 saturated carbocycles. The summed E-state index contributed by atoms with van der Waals surface area (Å²) in [6.45, 7) is 4.37. The lowest BCUT2D eigenvalue weighted by Gasteiger charge is -2.33. The van der Waals surface area contributed by atoms with Crippen molar-refractivity contribution in [1.82, 2.24) is 0 Å². The normalized spacial score (nSPS) is 17.4. The Labute approximate surface area is 143 Å². The lowest BCUT2D eigenvalue weighted by Crippen LogP contribution is -2.28. The maximum Gasteiger partial charge on any atom is 0.159 e. The van der Waals surface area contributed by atoms with Gasteiger partial charge in [0.25, 0.3) is 0 Å². The van der Waals surface area contributed by atoms with E-state index in [-0.39, 0.29) is 11.8 Å². The number of hydrogen-bond donors (Lipinski definition) is 0. The van der Waals surface area contributed by atoms with Gasteiger partial charge in [0.1, 0.15) is 5.75 Å². The molecular weight excluding hydrogens is 298 g/mol. The van der Waals surface area contributed by atoms with Crippen LogP contribution < -0.4 is 9.64 Å². The van der Waals surface area contributed by atoms with Crippen LogP contribution in [0.2, 0.25) is 0 Å². The smallest absolute Gasteiger partial charge is 0.159 e. The summed E-state index contributed by atoms with van der Waals surface area (Å²) < 4.78 is 5.23. The first-order valence-electron chi connectivity index (χ1n) is 8.32. The summed E-state index contributed by atoms with van der Waals surface area (Å²) in [5.74, 6) is 1.50. The predicted molar refractivity (Wildman–Crippen MR) is 97.5 cm³/mol. The molecule has 1 aliphatic heterocycles. The lowest BCUT2D eigenvalue weighted by molar-refractivity contribution is -0.115. The summed E-state index contributed by atoms with van der Waals surface area (Å²) in [6.07, 6.45) is 4.03. The molecule has 1 unspecified atom stereocenters. The van der Waals surface area contributed by atoms with Gasteiger partial charge in [-0.2, -0.15) is 0 Å². The molecule has 0 N–H and O–H groups in total. The Morgan fingerprint density at radius 1 is 1.04 bits per heavy atom. The molecule has 3 heteroatoms. The minimum Gasteiger partial charge on any atom is -0.497 e. The number of hydrogen-bond acceptors (Lipinski definition) is 3. The van der Waals surface area contributed by atoms with Gasteiger partial charge in [-0.25, -0.2) is 0 Å². The van der Waals surface area contributed by atoms with E-state index in [9.17, 15) is 4.79 Å². The monoisotopic (exact) mass is 321 g/mol. The van der Waals surface area contributed by atoms with Crippen molar-refractivity contribution in [2.24, 2.45) is 0 Å². The van der Waals surface area contributed by atoms with Gasteiger partial charge in [0.15, 0.2) is 5.78 Å². The Bertz CT molecular complexity index is 729. The molecule has 0 aliphatic carbocycles. The summed E-state index contributed by atoms with van der Waals surface area (Å²) in [5, 5.41) is 0. The fraction of sp³-hybridized carbons (Fsp3) is 0.286. The minimum absolute atomic E-state index is 0.0251. The van der Waals surface area contributed by atoms with Crippen molar-refractivity contribution in [3.8, 4) is 5.75 Å². The molecule has 124 valence electrons. The fourth-order valence-corrected chi connectivity index (χ4v) is 3.03.